The Labute approximate surface area is 172 Å². The molecule has 0 heterocycles. The summed E-state index contributed by atoms with van der Waals surface area (Å²) in [5, 5.41) is 0. The molecule has 0 fully saturated rings. The summed E-state index contributed by atoms with van der Waals surface area (Å²) < 4.78 is 39.2. The molecule has 6 heteroatoms. The lowest BCUT2D eigenvalue weighted by Crippen LogP contribution is -2.33. The van der Waals surface area contributed by atoms with E-state index in [1.54, 1.807) is 49.6 Å². The van der Waals surface area contributed by atoms with Crippen LogP contribution >= 0.6 is 0 Å². The zero-order valence-corrected chi connectivity index (χ0v) is 17.8. The van der Waals surface area contributed by atoms with Crippen molar-refractivity contribution < 1.29 is 17.9 Å². The van der Waals surface area contributed by atoms with Crippen molar-refractivity contribution in [1.29, 1.82) is 0 Å². The van der Waals surface area contributed by atoms with Gasteiger partial charge in [-0.25, -0.2) is 8.42 Å². The maximum Gasteiger partial charge on any atom is 0.265 e. The topological polar surface area (TPSA) is 55.8 Å². The lowest BCUT2D eigenvalue weighted by molar-refractivity contribution is 0.413. The fourth-order valence-electron chi connectivity index (χ4n) is 3.16. The van der Waals surface area contributed by atoms with Crippen LogP contribution in [0.3, 0.4) is 0 Å². The standard InChI is InChI=1S/C23H25NO4S/c1-17-8-10-19(11-9-17)18(2)24(20-12-14-21(27-3)15-13-20)29(25,26)23-7-5-6-22(16-23)28-4/h5-16,18H,1-4H3/t18-/m1/s1. The Kier molecular flexibility index (Phi) is 6.13. The second-order valence-electron chi connectivity index (χ2n) is 6.76. The van der Waals surface area contributed by atoms with E-state index in [0.29, 0.717) is 17.2 Å². The number of nitrogens with zero attached hydrogens (tertiary/aromatic N) is 1. The summed E-state index contributed by atoms with van der Waals surface area (Å²) in [5.74, 6) is 1.15. The minimum atomic E-state index is -3.85. The van der Waals surface area contributed by atoms with Gasteiger partial charge in [0.25, 0.3) is 10.0 Å². The first kappa shape index (κ1) is 20.7. The summed E-state index contributed by atoms with van der Waals surface area (Å²) in [4.78, 5) is 0.173. The number of sulfonamides is 1. The third kappa shape index (κ3) is 4.38. The molecule has 3 aromatic rings. The minimum Gasteiger partial charge on any atom is -0.497 e. The molecule has 0 unspecified atom stereocenters. The third-order valence-electron chi connectivity index (χ3n) is 4.84. The summed E-state index contributed by atoms with van der Waals surface area (Å²) >= 11 is 0. The van der Waals surface area contributed by atoms with Gasteiger partial charge in [-0.1, -0.05) is 35.9 Å². The van der Waals surface area contributed by atoms with Crippen LogP contribution in [0.1, 0.15) is 24.1 Å². The van der Waals surface area contributed by atoms with Crippen LogP contribution in [-0.2, 0) is 10.0 Å². The molecule has 0 aliphatic heterocycles. The zero-order valence-electron chi connectivity index (χ0n) is 17.0. The van der Waals surface area contributed by atoms with Gasteiger partial charge in [-0.05, 0) is 55.8 Å². The fraction of sp³-hybridized carbons (Fsp3) is 0.217. The van der Waals surface area contributed by atoms with Crippen molar-refractivity contribution in [3.8, 4) is 11.5 Å². The number of rotatable bonds is 7. The molecule has 5 nitrogen and oxygen atoms in total. The third-order valence-corrected chi connectivity index (χ3v) is 6.73. The van der Waals surface area contributed by atoms with Crippen molar-refractivity contribution in [2.24, 2.45) is 0 Å². The maximum atomic E-state index is 13.7. The molecule has 0 aromatic heterocycles. The first-order valence-electron chi connectivity index (χ1n) is 9.26. The smallest absolute Gasteiger partial charge is 0.265 e. The number of aryl methyl sites for hydroxylation is 1. The van der Waals surface area contributed by atoms with Gasteiger partial charge >= 0.3 is 0 Å². The van der Waals surface area contributed by atoms with Crippen molar-refractivity contribution in [3.63, 3.8) is 0 Å². The van der Waals surface area contributed by atoms with Gasteiger partial charge in [-0.3, -0.25) is 4.31 Å². The Balaban J connectivity index is 2.13. The number of hydrogen-bond donors (Lipinski definition) is 0. The molecule has 0 aliphatic rings. The predicted molar refractivity (Wildman–Crippen MR) is 115 cm³/mol. The van der Waals surface area contributed by atoms with E-state index in [9.17, 15) is 8.42 Å². The second kappa shape index (κ2) is 8.57. The van der Waals surface area contributed by atoms with Crippen LogP contribution in [0.25, 0.3) is 0 Å². The molecule has 0 saturated heterocycles. The van der Waals surface area contributed by atoms with Gasteiger partial charge in [0.05, 0.1) is 30.8 Å². The molecular weight excluding hydrogens is 386 g/mol. The average Bonchev–Trinajstić information content (AvgIpc) is 2.74. The van der Waals surface area contributed by atoms with Crippen LogP contribution in [0, 0.1) is 6.92 Å². The van der Waals surface area contributed by atoms with E-state index in [2.05, 4.69) is 0 Å². The van der Waals surface area contributed by atoms with Crippen LogP contribution in [0.5, 0.6) is 11.5 Å². The summed E-state index contributed by atoms with van der Waals surface area (Å²) in [6.45, 7) is 3.88. The zero-order chi connectivity index (χ0) is 21.0. The number of anilines is 1. The van der Waals surface area contributed by atoms with Gasteiger partial charge < -0.3 is 9.47 Å². The normalized spacial score (nSPS) is 12.3. The first-order valence-corrected chi connectivity index (χ1v) is 10.7. The van der Waals surface area contributed by atoms with E-state index in [4.69, 9.17) is 9.47 Å². The molecule has 0 N–H and O–H groups in total. The molecular formula is C23H25NO4S. The maximum absolute atomic E-state index is 13.7. The SMILES string of the molecule is COc1ccc(N([C@H](C)c2ccc(C)cc2)S(=O)(=O)c2cccc(OC)c2)cc1. The molecule has 3 aromatic carbocycles. The Morgan fingerprint density at radius 2 is 1.45 bits per heavy atom. The molecule has 0 aliphatic carbocycles. The van der Waals surface area contributed by atoms with E-state index < -0.39 is 16.1 Å². The van der Waals surface area contributed by atoms with E-state index in [1.807, 2.05) is 38.1 Å². The van der Waals surface area contributed by atoms with Gasteiger partial charge in [0.1, 0.15) is 11.5 Å². The highest BCUT2D eigenvalue weighted by molar-refractivity contribution is 7.92. The highest BCUT2D eigenvalue weighted by Crippen LogP contribution is 2.35. The van der Waals surface area contributed by atoms with Crippen molar-refractivity contribution in [2.45, 2.75) is 24.8 Å². The fourth-order valence-corrected chi connectivity index (χ4v) is 4.84. The van der Waals surface area contributed by atoms with Crippen LogP contribution < -0.4 is 13.8 Å². The van der Waals surface area contributed by atoms with Crippen molar-refractivity contribution in [1.82, 2.24) is 0 Å². The van der Waals surface area contributed by atoms with Gasteiger partial charge in [0.15, 0.2) is 0 Å². The van der Waals surface area contributed by atoms with E-state index in [1.165, 1.54) is 17.5 Å². The average molecular weight is 412 g/mol. The molecule has 152 valence electrons. The van der Waals surface area contributed by atoms with Gasteiger partial charge in [0.2, 0.25) is 0 Å². The molecule has 0 spiro atoms. The molecule has 3 rings (SSSR count). The number of benzene rings is 3. The molecule has 0 amide bonds. The van der Waals surface area contributed by atoms with E-state index in [0.717, 1.165) is 11.1 Å². The van der Waals surface area contributed by atoms with Gasteiger partial charge in [-0.2, -0.15) is 0 Å². The molecule has 0 bridgehead atoms. The largest absolute Gasteiger partial charge is 0.497 e. The quantitative estimate of drug-likeness (QED) is 0.551. The number of ether oxygens (including phenoxy) is 2. The van der Waals surface area contributed by atoms with Crippen LogP contribution in [0.4, 0.5) is 5.69 Å². The van der Waals surface area contributed by atoms with Gasteiger partial charge in [0, 0.05) is 6.07 Å². The van der Waals surface area contributed by atoms with E-state index >= 15 is 0 Å². The highest BCUT2D eigenvalue weighted by atomic mass is 32.2. The summed E-state index contributed by atoms with van der Waals surface area (Å²) in [6, 6.07) is 21.0. The first-order chi connectivity index (χ1) is 13.9. The Morgan fingerprint density at radius 1 is 0.828 bits per heavy atom. The Morgan fingerprint density at radius 3 is 2.03 bits per heavy atom. The Bertz CT molecular complexity index is 1060. The van der Waals surface area contributed by atoms with Crippen molar-refractivity contribution in [2.75, 3.05) is 18.5 Å². The summed E-state index contributed by atoms with van der Waals surface area (Å²) in [7, 11) is -0.757. The molecule has 0 radical (unpaired) electrons. The molecule has 0 saturated carbocycles. The monoisotopic (exact) mass is 411 g/mol. The highest BCUT2D eigenvalue weighted by Gasteiger charge is 2.30. The van der Waals surface area contributed by atoms with Crippen molar-refractivity contribution in [3.05, 3.63) is 83.9 Å². The molecule has 29 heavy (non-hydrogen) atoms. The number of hydrogen-bond acceptors (Lipinski definition) is 4. The van der Waals surface area contributed by atoms with Crippen LogP contribution in [0.15, 0.2) is 77.7 Å². The van der Waals surface area contributed by atoms with E-state index in [-0.39, 0.29) is 4.90 Å². The Hall–Kier alpha value is -2.99. The lowest BCUT2D eigenvalue weighted by atomic mass is 10.1. The predicted octanol–water partition coefficient (Wildman–Crippen LogP) is 4.97. The lowest BCUT2D eigenvalue weighted by Gasteiger charge is -2.31. The van der Waals surface area contributed by atoms with Crippen molar-refractivity contribution >= 4 is 15.7 Å². The van der Waals surface area contributed by atoms with Crippen LogP contribution in [0.2, 0.25) is 0 Å². The van der Waals surface area contributed by atoms with Crippen LogP contribution in [-0.4, -0.2) is 22.6 Å². The number of methoxy groups -OCH3 is 2. The summed E-state index contributed by atoms with van der Waals surface area (Å²) in [5.41, 5.74) is 2.58. The summed E-state index contributed by atoms with van der Waals surface area (Å²) in [6.07, 6.45) is 0. The second-order valence-corrected chi connectivity index (χ2v) is 8.58. The molecule has 1 atom stereocenters. The van der Waals surface area contributed by atoms with Gasteiger partial charge in [-0.15, -0.1) is 0 Å². The minimum absolute atomic E-state index is 0.173.